The highest BCUT2D eigenvalue weighted by Crippen LogP contribution is 2.29. The molecule has 2 amide bonds. The number of amides is 2. The largest absolute Gasteiger partial charge is 0.325 e. The second kappa shape index (κ2) is 7.05. The second-order valence-electron chi connectivity index (χ2n) is 6.34. The minimum Gasteiger partial charge on any atom is -0.325 e. The predicted octanol–water partition coefficient (Wildman–Crippen LogP) is 4.56. The summed E-state index contributed by atoms with van der Waals surface area (Å²) in [5.41, 5.74) is 1.79. The van der Waals surface area contributed by atoms with Crippen LogP contribution >= 0.6 is 11.6 Å². The maximum atomic E-state index is 12.6. The third-order valence-electron chi connectivity index (χ3n) is 3.84. The fraction of sp³-hybridized carbons (Fsp3) is 0.263. The van der Waals surface area contributed by atoms with Crippen LogP contribution in [0.3, 0.4) is 0 Å². The van der Waals surface area contributed by atoms with Gasteiger partial charge in [-0.3, -0.25) is 9.59 Å². The number of nitrogens with one attached hydrogen (secondary N) is 2. The molecule has 0 aliphatic rings. The molecule has 0 atom stereocenters. The van der Waals surface area contributed by atoms with Gasteiger partial charge in [0.25, 0.3) is 0 Å². The van der Waals surface area contributed by atoms with Gasteiger partial charge in [-0.1, -0.05) is 35.9 Å². The first-order valence-electron chi connectivity index (χ1n) is 7.66. The van der Waals surface area contributed by atoms with E-state index in [0.717, 1.165) is 11.1 Å². The summed E-state index contributed by atoms with van der Waals surface area (Å²) in [7, 11) is 0. The van der Waals surface area contributed by atoms with E-state index in [9.17, 15) is 9.59 Å². The molecule has 0 bridgehead atoms. The van der Waals surface area contributed by atoms with Crippen molar-refractivity contribution >= 4 is 34.8 Å². The van der Waals surface area contributed by atoms with Crippen LogP contribution in [-0.4, -0.2) is 11.8 Å². The Morgan fingerprint density at radius 1 is 0.958 bits per heavy atom. The smallest absolute Gasteiger partial charge is 0.239 e. The molecule has 0 spiro atoms. The third kappa shape index (κ3) is 3.95. The number of carbonyl (C=O) groups is 2. The summed E-state index contributed by atoms with van der Waals surface area (Å²) in [4.78, 5) is 25.1. The molecule has 0 unspecified atom stereocenters. The van der Waals surface area contributed by atoms with Crippen LogP contribution < -0.4 is 10.6 Å². The molecule has 24 heavy (non-hydrogen) atoms. The number of para-hydroxylation sites is 1. The Morgan fingerprint density at radius 3 is 2.12 bits per heavy atom. The van der Waals surface area contributed by atoms with Gasteiger partial charge in [0.2, 0.25) is 11.8 Å². The molecule has 126 valence electrons. The van der Waals surface area contributed by atoms with Crippen LogP contribution in [-0.2, 0) is 9.59 Å². The van der Waals surface area contributed by atoms with Gasteiger partial charge in [0.1, 0.15) is 5.41 Å². The molecule has 2 aromatic carbocycles. The van der Waals surface area contributed by atoms with Crippen LogP contribution in [0.25, 0.3) is 0 Å². The number of rotatable bonds is 4. The molecule has 0 aliphatic heterocycles. The number of hydrogen-bond acceptors (Lipinski definition) is 2. The maximum absolute atomic E-state index is 12.6. The van der Waals surface area contributed by atoms with Crippen LogP contribution in [0, 0.1) is 19.3 Å². The SMILES string of the molecule is Cc1cc(C)c(NC(=O)C(C)(C)C(=O)Nc2ccccc2)c(Cl)c1. The summed E-state index contributed by atoms with van der Waals surface area (Å²) in [6.07, 6.45) is 0. The van der Waals surface area contributed by atoms with Crippen molar-refractivity contribution in [3.63, 3.8) is 0 Å². The van der Waals surface area contributed by atoms with Crippen LogP contribution in [0.5, 0.6) is 0 Å². The van der Waals surface area contributed by atoms with Gasteiger partial charge >= 0.3 is 0 Å². The van der Waals surface area contributed by atoms with Crippen LogP contribution in [0.4, 0.5) is 11.4 Å². The van der Waals surface area contributed by atoms with E-state index in [1.807, 2.05) is 38.1 Å². The summed E-state index contributed by atoms with van der Waals surface area (Å²) in [6, 6.07) is 12.7. The molecule has 2 rings (SSSR count). The molecule has 0 aromatic heterocycles. The Hall–Kier alpha value is -2.33. The van der Waals surface area contributed by atoms with E-state index in [0.29, 0.717) is 16.4 Å². The molecular weight excluding hydrogens is 324 g/mol. The fourth-order valence-corrected chi connectivity index (χ4v) is 2.62. The maximum Gasteiger partial charge on any atom is 0.239 e. The summed E-state index contributed by atoms with van der Waals surface area (Å²) < 4.78 is 0. The summed E-state index contributed by atoms with van der Waals surface area (Å²) in [5.74, 6) is -0.795. The van der Waals surface area contributed by atoms with Gasteiger partial charge < -0.3 is 10.6 Å². The minimum atomic E-state index is -1.25. The molecule has 5 heteroatoms. The topological polar surface area (TPSA) is 58.2 Å². The highest BCUT2D eigenvalue weighted by atomic mass is 35.5. The molecule has 0 fully saturated rings. The quantitative estimate of drug-likeness (QED) is 0.799. The number of benzene rings is 2. The minimum absolute atomic E-state index is 0.382. The Balaban J connectivity index is 2.17. The van der Waals surface area contributed by atoms with Gasteiger partial charge in [-0.15, -0.1) is 0 Å². The van der Waals surface area contributed by atoms with Gasteiger partial charge in [0, 0.05) is 5.69 Å². The summed E-state index contributed by atoms with van der Waals surface area (Å²) in [5, 5.41) is 5.99. The lowest BCUT2D eigenvalue weighted by Crippen LogP contribution is -2.41. The van der Waals surface area contributed by atoms with Gasteiger partial charge in [-0.2, -0.15) is 0 Å². The third-order valence-corrected chi connectivity index (χ3v) is 4.14. The van der Waals surface area contributed by atoms with Crippen molar-refractivity contribution in [1.29, 1.82) is 0 Å². The molecule has 2 N–H and O–H groups in total. The first-order valence-corrected chi connectivity index (χ1v) is 8.04. The zero-order valence-electron chi connectivity index (χ0n) is 14.2. The van der Waals surface area contributed by atoms with Gasteiger partial charge in [-0.25, -0.2) is 0 Å². The van der Waals surface area contributed by atoms with Crippen molar-refractivity contribution in [3.05, 3.63) is 58.6 Å². The van der Waals surface area contributed by atoms with E-state index in [2.05, 4.69) is 10.6 Å². The highest BCUT2D eigenvalue weighted by molar-refractivity contribution is 6.34. The lowest BCUT2D eigenvalue weighted by molar-refractivity contribution is -0.135. The van der Waals surface area contributed by atoms with E-state index in [-0.39, 0.29) is 5.91 Å². The number of aryl methyl sites for hydroxylation is 2. The zero-order chi connectivity index (χ0) is 17.9. The average Bonchev–Trinajstić information content (AvgIpc) is 2.51. The molecule has 0 saturated heterocycles. The van der Waals surface area contributed by atoms with Gasteiger partial charge in [0.05, 0.1) is 10.7 Å². The summed E-state index contributed by atoms with van der Waals surface area (Å²) >= 11 is 6.22. The molecular formula is C19H21ClN2O2. The lowest BCUT2D eigenvalue weighted by Gasteiger charge is -2.23. The van der Waals surface area contributed by atoms with Crippen molar-refractivity contribution in [2.24, 2.45) is 5.41 Å². The Morgan fingerprint density at radius 2 is 1.54 bits per heavy atom. The summed E-state index contributed by atoms with van der Waals surface area (Å²) in [6.45, 7) is 6.96. The second-order valence-corrected chi connectivity index (χ2v) is 6.75. The van der Waals surface area contributed by atoms with Gasteiger partial charge in [-0.05, 0) is 57.0 Å². The lowest BCUT2D eigenvalue weighted by atomic mass is 9.90. The van der Waals surface area contributed by atoms with E-state index in [1.54, 1.807) is 32.0 Å². The fourth-order valence-electron chi connectivity index (χ4n) is 2.26. The monoisotopic (exact) mass is 344 g/mol. The molecule has 0 heterocycles. The van der Waals surface area contributed by atoms with Crippen LogP contribution in [0.1, 0.15) is 25.0 Å². The Kier molecular flexibility index (Phi) is 5.30. The van der Waals surface area contributed by atoms with Crippen LogP contribution in [0.15, 0.2) is 42.5 Å². The van der Waals surface area contributed by atoms with E-state index in [1.165, 1.54) is 0 Å². The molecule has 0 aliphatic carbocycles. The highest BCUT2D eigenvalue weighted by Gasteiger charge is 2.36. The number of halogens is 1. The number of carbonyl (C=O) groups excluding carboxylic acids is 2. The number of anilines is 2. The normalized spacial score (nSPS) is 11.0. The molecule has 0 saturated carbocycles. The first kappa shape index (κ1) is 18.0. The van der Waals surface area contributed by atoms with Crippen molar-refractivity contribution in [2.75, 3.05) is 10.6 Å². The van der Waals surface area contributed by atoms with Crippen molar-refractivity contribution in [2.45, 2.75) is 27.7 Å². The molecule has 4 nitrogen and oxygen atoms in total. The van der Waals surface area contributed by atoms with E-state index < -0.39 is 11.3 Å². The van der Waals surface area contributed by atoms with Gasteiger partial charge in [0.15, 0.2) is 0 Å². The van der Waals surface area contributed by atoms with Crippen molar-refractivity contribution in [1.82, 2.24) is 0 Å². The van der Waals surface area contributed by atoms with E-state index in [4.69, 9.17) is 11.6 Å². The van der Waals surface area contributed by atoms with Crippen molar-refractivity contribution < 1.29 is 9.59 Å². The first-order chi connectivity index (χ1) is 11.2. The number of hydrogen-bond donors (Lipinski definition) is 2. The van der Waals surface area contributed by atoms with Crippen molar-refractivity contribution in [3.8, 4) is 0 Å². The Bertz CT molecular complexity index is 747. The average molecular weight is 345 g/mol. The van der Waals surface area contributed by atoms with E-state index >= 15 is 0 Å². The molecule has 2 aromatic rings. The zero-order valence-corrected chi connectivity index (χ0v) is 15.0. The van der Waals surface area contributed by atoms with Crippen LogP contribution in [0.2, 0.25) is 5.02 Å². The standard InChI is InChI=1S/C19H21ClN2O2/c1-12-10-13(2)16(15(20)11-12)22-18(24)19(3,4)17(23)21-14-8-6-5-7-9-14/h5-11H,1-4H3,(H,21,23)(H,22,24). The Labute approximate surface area is 147 Å². The predicted molar refractivity (Wildman–Crippen MR) is 98.4 cm³/mol. The molecule has 0 radical (unpaired) electrons.